The van der Waals surface area contributed by atoms with Crippen LogP contribution in [0.3, 0.4) is 0 Å². The average Bonchev–Trinajstić information content (AvgIpc) is 2.40. The summed E-state index contributed by atoms with van der Waals surface area (Å²) < 4.78 is 0.671. The number of hydrogen-bond donors (Lipinski definition) is 2. The smallest absolute Gasteiger partial charge is 0.252 e. The summed E-state index contributed by atoms with van der Waals surface area (Å²) in [6, 6.07) is 5.79. The Kier molecular flexibility index (Phi) is 4.82. The first-order chi connectivity index (χ1) is 9.09. The van der Waals surface area contributed by atoms with Crippen LogP contribution >= 0.6 is 15.9 Å². The Balaban J connectivity index is 1.95. The molecule has 0 aliphatic carbocycles. The third-order valence-electron chi connectivity index (χ3n) is 3.69. The number of piperidine rings is 1. The molecule has 4 nitrogen and oxygen atoms in total. The second-order valence-electron chi connectivity index (χ2n) is 5.05. The molecule has 5 heteroatoms. The maximum absolute atomic E-state index is 12.2. The molecule has 0 spiro atoms. The van der Waals surface area contributed by atoms with Gasteiger partial charge in [0.15, 0.2) is 0 Å². The lowest BCUT2D eigenvalue weighted by Crippen LogP contribution is -2.44. The van der Waals surface area contributed by atoms with Gasteiger partial charge in [-0.2, -0.15) is 0 Å². The van der Waals surface area contributed by atoms with Crippen molar-refractivity contribution in [2.75, 3.05) is 25.9 Å². The zero-order valence-corrected chi connectivity index (χ0v) is 12.7. The number of nitrogens with zero attached hydrogens (tertiary/aromatic N) is 1. The molecule has 0 saturated carbocycles. The number of nitrogen functional groups attached to an aromatic ring is 1. The lowest BCUT2D eigenvalue weighted by Gasteiger charge is -2.32. The fourth-order valence-corrected chi connectivity index (χ4v) is 2.88. The minimum Gasteiger partial charge on any atom is -0.398 e. The number of carbonyl (C=O) groups excluding carboxylic acids is 1. The molecule has 2 rings (SSSR count). The van der Waals surface area contributed by atoms with Crippen molar-refractivity contribution in [1.29, 1.82) is 0 Å². The first kappa shape index (κ1) is 14.3. The van der Waals surface area contributed by atoms with Gasteiger partial charge in [0.05, 0.1) is 10.0 Å². The van der Waals surface area contributed by atoms with Crippen LogP contribution in [-0.2, 0) is 0 Å². The van der Waals surface area contributed by atoms with Crippen molar-refractivity contribution >= 4 is 27.5 Å². The highest BCUT2D eigenvalue weighted by atomic mass is 79.9. The summed E-state index contributed by atoms with van der Waals surface area (Å²) in [5.41, 5.74) is 6.97. The Hall–Kier alpha value is -1.07. The molecule has 0 bridgehead atoms. The second kappa shape index (κ2) is 6.39. The van der Waals surface area contributed by atoms with Crippen LogP contribution in [0.1, 0.15) is 29.6 Å². The zero-order valence-electron chi connectivity index (χ0n) is 11.2. The van der Waals surface area contributed by atoms with Crippen molar-refractivity contribution < 1.29 is 4.79 Å². The lowest BCUT2D eigenvalue weighted by atomic mass is 10.0. The molecule has 0 aromatic heterocycles. The van der Waals surface area contributed by atoms with Gasteiger partial charge < -0.3 is 16.0 Å². The molecule has 1 saturated heterocycles. The van der Waals surface area contributed by atoms with Crippen LogP contribution in [0.25, 0.3) is 0 Å². The van der Waals surface area contributed by atoms with Crippen LogP contribution in [0.5, 0.6) is 0 Å². The highest BCUT2D eigenvalue weighted by Gasteiger charge is 2.20. The molecule has 1 atom stereocenters. The van der Waals surface area contributed by atoms with E-state index in [9.17, 15) is 4.79 Å². The summed E-state index contributed by atoms with van der Waals surface area (Å²) in [6.45, 7) is 1.80. The predicted molar refractivity (Wildman–Crippen MR) is 81.2 cm³/mol. The van der Waals surface area contributed by atoms with Crippen molar-refractivity contribution in [2.24, 2.45) is 0 Å². The first-order valence-electron chi connectivity index (χ1n) is 6.62. The number of nitrogens with one attached hydrogen (secondary N) is 1. The first-order valence-corrected chi connectivity index (χ1v) is 7.41. The summed E-state index contributed by atoms with van der Waals surface area (Å²) in [5.74, 6) is -0.0712. The molecule has 1 aromatic rings. The summed E-state index contributed by atoms with van der Waals surface area (Å²) in [7, 11) is 2.12. The molecule has 1 unspecified atom stereocenters. The van der Waals surface area contributed by atoms with Crippen LogP contribution in [0.4, 0.5) is 5.69 Å². The molecule has 1 amide bonds. The van der Waals surface area contributed by atoms with Gasteiger partial charge in [0.25, 0.3) is 5.91 Å². The maximum atomic E-state index is 12.2. The third kappa shape index (κ3) is 3.48. The molecule has 104 valence electrons. The van der Waals surface area contributed by atoms with Crippen LogP contribution in [-0.4, -0.2) is 37.0 Å². The molecular formula is C14H20BrN3O. The van der Waals surface area contributed by atoms with E-state index in [2.05, 4.69) is 33.2 Å². The third-order valence-corrected chi connectivity index (χ3v) is 4.58. The lowest BCUT2D eigenvalue weighted by molar-refractivity contribution is 0.0928. The molecule has 0 radical (unpaired) electrons. The van der Waals surface area contributed by atoms with Crippen molar-refractivity contribution in [3.05, 3.63) is 28.2 Å². The zero-order chi connectivity index (χ0) is 13.8. The second-order valence-corrected chi connectivity index (χ2v) is 5.84. The van der Waals surface area contributed by atoms with Crippen LogP contribution in [0.15, 0.2) is 22.7 Å². The molecule has 3 N–H and O–H groups in total. The minimum atomic E-state index is -0.0712. The molecule has 1 aromatic carbocycles. The SMILES string of the molecule is CN1CCCCC1CNC(=O)c1cccc(N)c1Br. The van der Waals surface area contributed by atoms with Crippen molar-refractivity contribution in [3.8, 4) is 0 Å². The largest absolute Gasteiger partial charge is 0.398 e. The highest BCUT2D eigenvalue weighted by Crippen LogP contribution is 2.23. The number of likely N-dealkylation sites (tertiary alicyclic amines) is 1. The number of benzene rings is 1. The van der Waals surface area contributed by atoms with E-state index in [0.29, 0.717) is 28.3 Å². The topological polar surface area (TPSA) is 58.4 Å². The van der Waals surface area contributed by atoms with E-state index < -0.39 is 0 Å². The summed E-state index contributed by atoms with van der Waals surface area (Å²) in [6.07, 6.45) is 3.64. The van der Waals surface area contributed by atoms with E-state index in [4.69, 9.17) is 5.73 Å². The van der Waals surface area contributed by atoms with E-state index >= 15 is 0 Å². The Labute approximate surface area is 122 Å². The number of hydrogen-bond acceptors (Lipinski definition) is 3. The van der Waals surface area contributed by atoms with Gasteiger partial charge in [0.1, 0.15) is 0 Å². The standard InChI is InChI=1S/C14H20BrN3O/c1-18-8-3-2-5-10(18)9-17-14(19)11-6-4-7-12(16)13(11)15/h4,6-7,10H,2-3,5,8-9,16H2,1H3,(H,17,19). The Morgan fingerprint density at radius 2 is 2.32 bits per heavy atom. The number of nitrogens with two attached hydrogens (primary N) is 1. The van der Waals surface area contributed by atoms with E-state index in [1.54, 1.807) is 18.2 Å². The quantitative estimate of drug-likeness (QED) is 0.838. The minimum absolute atomic E-state index is 0.0712. The van der Waals surface area contributed by atoms with Crippen molar-refractivity contribution in [3.63, 3.8) is 0 Å². The van der Waals surface area contributed by atoms with Gasteiger partial charge in [-0.15, -0.1) is 0 Å². The van der Waals surface area contributed by atoms with Crippen LogP contribution in [0.2, 0.25) is 0 Å². The van der Waals surface area contributed by atoms with Gasteiger partial charge in [0.2, 0.25) is 0 Å². The van der Waals surface area contributed by atoms with Crippen molar-refractivity contribution in [2.45, 2.75) is 25.3 Å². The van der Waals surface area contributed by atoms with E-state index in [1.165, 1.54) is 12.8 Å². The molecule has 1 heterocycles. The molecule has 1 aliphatic heterocycles. The molecular weight excluding hydrogens is 306 g/mol. The number of likely N-dealkylation sites (N-methyl/N-ethyl adjacent to an activating group) is 1. The summed E-state index contributed by atoms with van der Waals surface area (Å²) in [4.78, 5) is 14.5. The molecule has 1 fully saturated rings. The summed E-state index contributed by atoms with van der Waals surface area (Å²) >= 11 is 3.36. The van der Waals surface area contributed by atoms with Gasteiger partial charge in [-0.25, -0.2) is 0 Å². The number of carbonyl (C=O) groups is 1. The van der Waals surface area contributed by atoms with Gasteiger partial charge in [-0.3, -0.25) is 4.79 Å². The van der Waals surface area contributed by atoms with Gasteiger partial charge in [-0.05, 0) is 54.5 Å². The Morgan fingerprint density at radius 3 is 3.05 bits per heavy atom. The summed E-state index contributed by atoms with van der Waals surface area (Å²) in [5, 5.41) is 3.00. The van der Waals surface area contributed by atoms with Crippen LogP contribution in [0, 0.1) is 0 Å². The van der Waals surface area contributed by atoms with Gasteiger partial charge in [0, 0.05) is 18.3 Å². The Morgan fingerprint density at radius 1 is 1.53 bits per heavy atom. The van der Waals surface area contributed by atoms with E-state index in [0.717, 1.165) is 13.0 Å². The maximum Gasteiger partial charge on any atom is 0.252 e. The van der Waals surface area contributed by atoms with Crippen molar-refractivity contribution in [1.82, 2.24) is 10.2 Å². The Bertz CT molecular complexity index is 464. The number of anilines is 1. The van der Waals surface area contributed by atoms with Gasteiger partial charge >= 0.3 is 0 Å². The molecule has 19 heavy (non-hydrogen) atoms. The monoisotopic (exact) mass is 325 g/mol. The normalized spacial score (nSPS) is 20.2. The highest BCUT2D eigenvalue weighted by molar-refractivity contribution is 9.10. The fraction of sp³-hybridized carbons (Fsp3) is 0.500. The van der Waals surface area contributed by atoms with Crippen LogP contribution < -0.4 is 11.1 Å². The predicted octanol–water partition coefficient (Wildman–Crippen LogP) is 2.25. The fourth-order valence-electron chi connectivity index (χ4n) is 2.43. The van der Waals surface area contributed by atoms with Gasteiger partial charge in [-0.1, -0.05) is 12.5 Å². The van der Waals surface area contributed by atoms with E-state index in [1.807, 2.05) is 0 Å². The number of amides is 1. The number of rotatable bonds is 3. The average molecular weight is 326 g/mol. The van der Waals surface area contributed by atoms with E-state index in [-0.39, 0.29) is 5.91 Å². The number of halogens is 1. The molecule has 1 aliphatic rings.